The summed E-state index contributed by atoms with van der Waals surface area (Å²) in [4.78, 5) is 2.22. The monoisotopic (exact) mass is 434 g/mol. The van der Waals surface area contributed by atoms with Crippen molar-refractivity contribution in [2.45, 2.75) is 17.8 Å². The zero-order valence-electron chi connectivity index (χ0n) is 17.1. The number of aryl methyl sites for hydroxylation is 1. The zero-order chi connectivity index (χ0) is 21.0. The van der Waals surface area contributed by atoms with Crippen LogP contribution in [0.4, 0.5) is 5.95 Å². The van der Waals surface area contributed by atoms with Crippen LogP contribution in [0.1, 0.15) is 11.4 Å². The lowest BCUT2D eigenvalue weighted by atomic mass is 10.2. The third-order valence-corrected chi connectivity index (χ3v) is 6.06. The van der Waals surface area contributed by atoms with E-state index in [9.17, 15) is 0 Å². The van der Waals surface area contributed by atoms with Crippen LogP contribution in [-0.2, 0) is 10.5 Å². The molecule has 1 aliphatic heterocycles. The molecule has 0 radical (unpaired) electrons. The predicted molar refractivity (Wildman–Crippen MR) is 118 cm³/mol. The highest BCUT2D eigenvalue weighted by molar-refractivity contribution is 7.98. The van der Waals surface area contributed by atoms with Crippen molar-refractivity contribution in [3.8, 4) is 11.4 Å². The molecule has 0 unspecified atom stereocenters. The molecule has 5 rings (SSSR count). The topological polar surface area (TPSA) is 86.8 Å². The van der Waals surface area contributed by atoms with Gasteiger partial charge in [0.2, 0.25) is 5.95 Å². The lowest BCUT2D eigenvalue weighted by Crippen LogP contribution is -2.38. The van der Waals surface area contributed by atoms with E-state index in [1.807, 2.05) is 42.5 Å². The number of hydrogen-bond donors (Lipinski definition) is 0. The fourth-order valence-corrected chi connectivity index (χ4v) is 4.39. The van der Waals surface area contributed by atoms with Gasteiger partial charge < -0.3 is 9.64 Å². The maximum Gasteiger partial charge on any atom is 0.232 e. The normalized spacial score (nSPS) is 14.2. The summed E-state index contributed by atoms with van der Waals surface area (Å²) < 4.78 is 9.40. The van der Waals surface area contributed by atoms with Crippen LogP contribution in [-0.4, -0.2) is 61.3 Å². The minimum atomic E-state index is 0.565. The summed E-state index contributed by atoms with van der Waals surface area (Å²) in [5, 5.41) is 22.1. The molecular formula is C21H22N8OS. The van der Waals surface area contributed by atoms with Gasteiger partial charge in [-0.15, -0.1) is 15.3 Å². The summed E-state index contributed by atoms with van der Waals surface area (Å²) in [5.41, 5.74) is 3.16. The number of thioether (sulfide) groups is 1. The van der Waals surface area contributed by atoms with Crippen molar-refractivity contribution in [3.63, 3.8) is 0 Å². The standard InChI is InChI=1S/C21H22N8OS/c1-16-7-5-6-10-18(16)28-20(27-11-13-30-14-12-27)23-24-21(28)31-15-19-22-25-26-29(19)17-8-3-2-4-9-17/h2-10H,11-15H2,1H3. The zero-order valence-corrected chi connectivity index (χ0v) is 17.9. The van der Waals surface area contributed by atoms with E-state index in [0.717, 1.165) is 47.0 Å². The van der Waals surface area contributed by atoms with E-state index in [4.69, 9.17) is 4.74 Å². The first kappa shape index (κ1) is 19.7. The SMILES string of the molecule is Cc1ccccc1-n1c(SCc2nnnn2-c2ccccc2)nnc1N1CCOCC1. The number of anilines is 1. The second kappa shape index (κ2) is 8.86. The van der Waals surface area contributed by atoms with E-state index >= 15 is 0 Å². The smallest absolute Gasteiger partial charge is 0.232 e. The lowest BCUT2D eigenvalue weighted by molar-refractivity contribution is 0.122. The van der Waals surface area contributed by atoms with Gasteiger partial charge in [-0.3, -0.25) is 4.57 Å². The maximum absolute atomic E-state index is 5.52. The molecule has 2 aromatic carbocycles. The molecule has 1 fully saturated rings. The lowest BCUT2D eigenvalue weighted by Gasteiger charge is -2.28. The van der Waals surface area contributed by atoms with E-state index in [1.165, 1.54) is 0 Å². The third-order valence-electron chi connectivity index (χ3n) is 5.13. The molecular weight excluding hydrogens is 412 g/mol. The molecule has 0 atom stereocenters. The van der Waals surface area contributed by atoms with Crippen LogP contribution in [0.3, 0.4) is 0 Å². The summed E-state index contributed by atoms with van der Waals surface area (Å²) in [6, 6.07) is 18.2. The first-order valence-electron chi connectivity index (χ1n) is 10.1. The van der Waals surface area contributed by atoms with Crippen molar-refractivity contribution in [1.29, 1.82) is 0 Å². The Kier molecular flexibility index (Phi) is 5.63. The first-order chi connectivity index (χ1) is 15.3. The molecule has 4 aromatic rings. The van der Waals surface area contributed by atoms with Gasteiger partial charge in [-0.2, -0.15) is 4.68 Å². The Labute approximate surface area is 184 Å². The Bertz CT molecular complexity index is 1150. The summed E-state index contributed by atoms with van der Waals surface area (Å²) in [6.07, 6.45) is 0. The fraction of sp³-hybridized carbons (Fsp3) is 0.286. The molecule has 158 valence electrons. The number of rotatable bonds is 6. The minimum Gasteiger partial charge on any atom is -0.378 e. The van der Waals surface area contributed by atoms with Gasteiger partial charge in [-0.05, 0) is 41.1 Å². The summed E-state index contributed by atoms with van der Waals surface area (Å²) in [7, 11) is 0. The van der Waals surface area contributed by atoms with E-state index in [2.05, 4.69) is 54.2 Å². The van der Waals surface area contributed by atoms with Crippen molar-refractivity contribution < 1.29 is 4.74 Å². The molecule has 1 aliphatic rings. The molecule has 0 spiro atoms. The molecule has 10 heteroatoms. The fourth-order valence-electron chi connectivity index (χ4n) is 3.54. The van der Waals surface area contributed by atoms with Crippen molar-refractivity contribution in [2.24, 2.45) is 0 Å². The Morgan fingerprint density at radius 2 is 1.71 bits per heavy atom. The summed E-state index contributed by atoms with van der Waals surface area (Å²) in [5.74, 6) is 2.15. The molecule has 2 aromatic heterocycles. The number of ether oxygens (including phenoxy) is 1. The van der Waals surface area contributed by atoms with E-state index < -0.39 is 0 Å². The van der Waals surface area contributed by atoms with Gasteiger partial charge in [0.1, 0.15) is 0 Å². The van der Waals surface area contributed by atoms with Gasteiger partial charge in [0, 0.05) is 13.1 Å². The van der Waals surface area contributed by atoms with Crippen LogP contribution in [0.25, 0.3) is 11.4 Å². The van der Waals surface area contributed by atoms with Crippen LogP contribution in [0.15, 0.2) is 59.8 Å². The molecule has 1 saturated heterocycles. The largest absolute Gasteiger partial charge is 0.378 e. The van der Waals surface area contributed by atoms with Gasteiger partial charge in [0.05, 0.1) is 30.3 Å². The average Bonchev–Trinajstić information content (AvgIpc) is 3.46. The van der Waals surface area contributed by atoms with Gasteiger partial charge in [-0.25, -0.2) is 0 Å². The minimum absolute atomic E-state index is 0.565. The van der Waals surface area contributed by atoms with Crippen LogP contribution in [0.2, 0.25) is 0 Å². The number of benzene rings is 2. The third kappa shape index (κ3) is 4.04. The molecule has 0 aliphatic carbocycles. The molecule has 3 heterocycles. The van der Waals surface area contributed by atoms with Gasteiger partial charge >= 0.3 is 0 Å². The van der Waals surface area contributed by atoms with Gasteiger partial charge in [0.15, 0.2) is 11.0 Å². The van der Waals surface area contributed by atoms with Crippen LogP contribution >= 0.6 is 11.8 Å². The molecule has 31 heavy (non-hydrogen) atoms. The highest BCUT2D eigenvalue weighted by atomic mass is 32.2. The molecule has 0 N–H and O–H groups in total. The predicted octanol–water partition coefficient (Wildman–Crippen LogP) is 2.68. The number of nitrogens with zero attached hydrogens (tertiary/aromatic N) is 8. The number of para-hydroxylation sites is 2. The van der Waals surface area contributed by atoms with Crippen molar-refractivity contribution in [2.75, 3.05) is 31.2 Å². The van der Waals surface area contributed by atoms with Gasteiger partial charge in [0.25, 0.3) is 0 Å². The summed E-state index contributed by atoms with van der Waals surface area (Å²) >= 11 is 1.57. The van der Waals surface area contributed by atoms with Crippen molar-refractivity contribution >= 4 is 17.7 Å². The van der Waals surface area contributed by atoms with Crippen LogP contribution in [0.5, 0.6) is 0 Å². The number of aromatic nitrogens is 7. The Morgan fingerprint density at radius 1 is 0.935 bits per heavy atom. The van der Waals surface area contributed by atoms with Crippen molar-refractivity contribution in [1.82, 2.24) is 35.0 Å². The van der Waals surface area contributed by atoms with E-state index in [1.54, 1.807) is 16.4 Å². The van der Waals surface area contributed by atoms with Crippen molar-refractivity contribution in [3.05, 3.63) is 66.0 Å². The number of tetrazole rings is 1. The van der Waals surface area contributed by atoms with Crippen LogP contribution < -0.4 is 4.90 Å². The maximum atomic E-state index is 5.52. The second-order valence-electron chi connectivity index (χ2n) is 7.14. The highest BCUT2D eigenvalue weighted by Crippen LogP contribution is 2.30. The molecule has 0 bridgehead atoms. The Morgan fingerprint density at radius 3 is 2.52 bits per heavy atom. The van der Waals surface area contributed by atoms with E-state index in [-0.39, 0.29) is 0 Å². The van der Waals surface area contributed by atoms with Gasteiger partial charge in [-0.1, -0.05) is 48.2 Å². The van der Waals surface area contributed by atoms with Crippen LogP contribution in [0, 0.1) is 6.92 Å². The highest BCUT2D eigenvalue weighted by Gasteiger charge is 2.23. The number of hydrogen-bond acceptors (Lipinski definition) is 8. The number of morpholine rings is 1. The molecule has 0 saturated carbocycles. The molecule has 0 amide bonds. The summed E-state index contributed by atoms with van der Waals surface area (Å²) in [6.45, 7) is 5.06. The van der Waals surface area contributed by atoms with E-state index in [0.29, 0.717) is 19.0 Å². The quantitative estimate of drug-likeness (QED) is 0.428. The second-order valence-corrected chi connectivity index (χ2v) is 8.08. The Balaban J connectivity index is 1.47. The average molecular weight is 435 g/mol. The first-order valence-corrected chi connectivity index (χ1v) is 11.1. The molecule has 9 nitrogen and oxygen atoms in total. The Hall–Kier alpha value is -3.24.